The number of amides is 2. The molecule has 0 unspecified atom stereocenters. The van der Waals surface area contributed by atoms with Crippen LogP contribution in [0.2, 0.25) is 0 Å². The van der Waals surface area contributed by atoms with Crippen molar-refractivity contribution in [1.82, 2.24) is 10.2 Å². The summed E-state index contributed by atoms with van der Waals surface area (Å²) in [5.74, 6) is -0.267. The van der Waals surface area contributed by atoms with Crippen molar-refractivity contribution in [2.45, 2.75) is 49.8 Å². The van der Waals surface area contributed by atoms with Gasteiger partial charge in [-0.05, 0) is 32.2 Å². The van der Waals surface area contributed by atoms with Crippen molar-refractivity contribution in [2.24, 2.45) is 0 Å². The van der Waals surface area contributed by atoms with Crippen LogP contribution in [0.25, 0.3) is 0 Å². The molecule has 1 aliphatic heterocycles. The second-order valence-corrected chi connectivity index (χ2v) is 7.59. The first-order chi connectivity index (χ1) is 12.4. The van der Waals surface area contributed by atoms with Gasteiger partial charge in [0.15, 0.2) is 0 Å². The number of para-hydroxylation sites is 1. The van der Waals surface area contributed by atoms with Crippen LogP contribution in [0.5, 0.6) is 0 Å². The van der Waals surface area contributed by atoms with E-state index in [9.17, 15) is 9.59 Å². The largest absolute Gasteiger partial charge is 0.378 e. The minimum Gasteiger partial charge on any atom is -0.378 e. The molecule has 1 heterocycles. The number of hydrogen-bond donors (Lipinski definition) is 2. The number of hydrogen-bond acceptors (Lipinski definition) is 5. The molecule has 2 amide bonds. The van der Waals surface area contributed by atoms with Crippen LogP contribution in [0.15, 0.2) is 29.2 Å². The van der Waals surface area contributed by atoms with Gasteiger partial charge in [-0.1, -0.05) is 12.1 Å². The summed E-state index contributed by atoms with van der Waals surface area (Å²) >= 11 is 1.58. The summed E-state index contributed by atoms with van der Waals surface area (Å²) in [6, 6.07) is 8.02. The molecule has 7 heteroatoms. The van der Waals surface area contributed by atoms with E-state index in [-0.39, 0.29) is 36.8 Å². The number of methoxy groups -OCH3 is 1. The van der Waals surface area contributed by atoms with Crippen molar-refractivity contribution in [3.05, 3.63) is 24.3 Å². The van der Waals surface area contributed by atoms with E-state index in [4.69, 9.17) is 4.74 Å². The van der Waals surface area contributed by atoms with E-state index in [1.54, 1.807) is 18.9 Å². The number of rotatable bonds is 8. The normalized spacial score (nSPS) is 20.3. The molecule has 2 N–H and O–H groups in total. The molecule has 1 aromatic rings. The summed E-state index contributed by atoms with van der Waals surface area (Å²) in [7, 11) is 1.67. The molecule has 0 aromatic heterocycles. The molecular weight excluding hydrogens is 350 g/mol. The Bertz CT molecular complexity index is 624. The Morgan fingerprint density at radius 3 is 2.58 bits per heavy atom. The van der Waals surface area contributed by atoms with E-state index in [1.165, 1.54) is 0 Å². The van der Waals surface area contributed by atoms with Gasteiger partial charge in [-0.15, -0.1) is 11.8 Å². The number of likely N-dealkylation sites (tertiary alicyclic amines) is 1. The Balaban J connectivity index is 1.80. The maximum absolute atomic E-state index is 12.2. The first kappa shape index (κ1) is 20.7. The third kappa shape index (κ3) is 5.72. The molecule has 1 saturated heterocycles. The third-order valence-corrected chi connectivity index (χ3v) is 5.43. The van der Waals surface area contributed by atoms with Crippen molar-refractivity contribution < 1.29 is 14.3 Å². The minimum atomic E-state index is -0.153. The van der Waals surface area contributed by atoms with Gasteiger partial charge in [-0.3, -0.25) is 14.5 Å². The zero-order valence-corrected chi connectivity index (χ0v) is 16.8. The first-order valence-corrected chi connectivity index (χ1v) is 10.2. The van der Waals surface area contributed by atoms with Gasteiger partial charge < -0.3 is 15.4 Å². The van der Waals surface area contributed by atoms with Gasteiger partial charge in [-0.25, -0.2) is 0 Å². The van der Waals surface area contributed by atoms with Gasteiger partial charge in [0.05, 0.1) is 17.8 Å². The summed E-state index contributed by atoms with van der Waals surface area (Å²) in [5, 5.41) is 5.90. The van der Waals surface area contributed by atoms with E-state index in [2.05, 4.69) is 29.4 Å². The smallest absolute Gasteiger partial charge is 0.224 e. The predicted octanol–water partition coefficient (Wildman–Crippen LogP) is 2.35. The number of carbonyl (C=O) groups is 2. The number of thioether (sulfide) groups is 1. The van der Waals surface area contributed by atoms with Gasteiger partial charge in [0.25, 0.3) is 0 Å². The van der Waals surface area contributed by atoms with Crippen LogP contribution in [0, 0.1) is 0 Å². The van der Waals surface area contributed by atoms with Crippen molar-refractivity contribution in [2.75, 3.05) is 31.8 Å². The van der Waals surface area contributed by atoms with E-state index in [1.807, 2.05) is 30.5 Å². The van der Waals surface area contributed by atoms with Crippen molar-refractivity contribution in [3.63, 3.8) is 0 Å². The second kappa shape index (κ2) is 9.94. The molecule has 2 atom stereocenters. The molecule has 0 bridgehead atoms. The van der Waals surface area contributed by atoms with E-state index in [0.717, 1.165) is 23.7 Å². The molecular formula is C19H29N3O3S. The van der Waals surface area contributed by atoms with Gasteiger partial charge >= 0.3 is 0 Å². The Morgan fingerprint density at radius 2 is 1.92 bits per heavy atom. The summed E-state index contributed by atoms with van der Waals surface area (Å²) in [5.41, 5.74) is 0.785. The maximum Gasteiger partial charge on any atom is 0.224 e. The summed E-state index contributed by atoms with van der Waals surface area (Å²) in [6.07, 6.45) is 2.28. The average Bonchev–Trinajstić information content (AvgIpc) is 3.03. The first-order valence-electron chi connectivity index (χ1n) is 8.93. The molecule has 0 saturated carbocycles. The van der Waals surface area contributed by atoms with Gasteiger partial charge in [0, 0.05) is 44.0 Å². The van der Waals surface area contributed by atoms with Crippen molar-refractivity contribution >= 4 is 29.3 Å². The zero-order chi connectivity index (χ0) is 19.1. The molecule has 2 rings (SSSR count). The lowest BCUT2D eigenvalue weighted by Crippen LogP contribution is -2.43. The topological polar surface area (TPSA) is 70.7 Å². The summed E-state index contributed by atoms with van der Waals surface area (Å²) in [6.45, 7) is 5.85. The van der Waals surface area contributed by atoms with Crippen LogP contribution in [-0.4, -0.2) is 61.4 Å². The Morgan fingerprint density at radius 1 is 1.23 bits per heavy atom. The second-order valence-electron chi connectivity index (χ2n) is 6.74. The lowest BCUT2D eigenvalue weighted by molar-refractivity contribution is -0.125. The highest BCUT2D eigenvalue weighted by Gasteiger charge is 2.34. The molecule has 0 radical (unpaired) electrons. The molecule has 0 spiro atoms. The number of carbonyl (C=O) groups excluding carboxylic acids is 2. The van der Waals surface area contributed by atoms with Crippen molar-refractivity contribution in [1.29, 1.82) is 0 Å². The Hall–Kier alpha value is -1.57. The van der Waals surface area contributed by atoms with Gasteiger partial charge in [0.2, 0.25) is 11.8 Å². The Kier molecular flexibility index (Phi) is 7.93. The lowest BCUT2D eigenvalue weighted by atomic mass is 10.2. The third-order valence-electron chi connectivity index (χ3n) is 4.63. The quantitative estimate of drug-likeness (QED) is 0.679. The standard InChI is InChI=1S/C19H29N3O3S/c1-13(2)22-11-15(16(12-22)25-3)21-19(24)10-9-18(23)20-14-7-5-6-8-17(14)26-4/h5-8,13,15-16H,9-12H2,1-4H3,(H,20,23)(H,21,24)/t15-,16-/m1/s1. The zero-order valence-electron chi connectivity index (χ0n) is 16.0. The van der Waals surface area contributed by atoms with E-state index in [0.29, 0.717) is 6.04 Å². The number of anilines is 1. The number of nitrogens with one attached hydrogen (secondary N) is 2. The molecule has 1 aromatic carbocycles. The fraction of sp³-hybridized carbons (Fsp3) is 0.579. The average molecular weight is 380 g/mol. The minimum absolute atomic E-state index is 0.0105. The van der Waals surface area contributed by atoms with Crippen LogP contribution >= 0.6 is 11.8 Å². The molecule has 144 valence electrons. The molecule has 1 aliphatic rings. The number of ether oxygens (including phenoxy) is 1. The number of nitrogens with zero attached hydrogens (tertiary/aromatic N) is 1. The van der Waals surface area contributed by atoms with Crippen LogP contribution in [0.3, 0.4) is 0 Å². The van der Waals surface area contributed by atoms with Crippen LogP contribution in [0.1, 0.15) is 26.7 Å². The van der Waals surface area contributed by atoms with Gasteiger partial charge in [-0.2, -0.15) is 0 Å². The monoisotopic (exact) mass is 379 g/mol. The fourth-order valence-electron chi connectivity index (χ4n) is 3.07. The highest BCUT2D eigenvalue weighted by molar-refractivity contribution is 7.98. The highest BCUT2D eigenvalue weighted by atomic mass is 32.2. The van der Waals surface area contributed by atoms with Crippen LogP contribution < -0.4 is 10.6 Å². The SMILES string of the molecule is CO[C@@H]1CN(C(C)C)C[C@H]1NC(=O)CCC(=O)Nc1ccccc1SC. The van der Waals surface area contributed by atoms with E-state index >= 15 is 0 Å². The summed E-state index contributed by atoms with van der Waals surface area (Å²) < 4.78 is 5.50. The van der Waals surface area contributed by atoms with Crippen molar-refractivity contribution in [3.8, 4) is 0 Å². The molecule has 0 aliphatic carbocycles. The van der Waals surface area contributed by atoms with Crippen LogP contribution in [-0.2, 0) is 14.3 Å². The summed E-state index contributed by atoms with van der Waals surface area (Å²) in [4.78, 5) is 27.7. The fourth-order valence-corrected chi connectivity index (χ4v) is 3.62. The van der Waals surface area contributed by atoms with E-state index < -0.39 is 0 Å². The predicted molar refractivity (Wildman–Crippen MR) is 106 cm³/mol. The maximum atomic E-state index is 12.2. The number of benzene rings is 1. The molecule has 1 fully saturated rings. The molecule has 26 heavy (non-hydrogen) atoms. The highest BCUT2D eigenvalue weighted by Crippen LogP contribution is 2.24. The Labute approximate surface area is 160 Å². The molecule has 6 nitrogen and oxygen atoms in total. The lowest BCUT2D eigenvalue weighted by Gasteiger charge is -2.20. The van der Waals surface area contributed by atoms with Crippen LogP contribution in [0.4, 0.5) is 5.69 Å². The van der Waals surface area contributed by atoms with Gasteiger partial charge in [0.1, 0.15) is 0 Å².